The van der Waals surface area contributed by atoms with Gasteiger partial charge in [-0.3, -0.25) is 25.0 Å². The van der Waals surface area contributed by atoms with Gasteiger partial charge in [-0.15, -0.1) is 10.2 Å². The van der Waals surface area contributed by atoms with Crippen LogP contribution in [0.1, 0.15) is 49.0 Å². The van der Waals surface area contributed by atoms with E-state index in [1.54, 1.807) is 31.4 Å². The van der Waals surface area contributed by atoms with Gasteiger partial charge in [-0.25, -0.2) is 0 Å². The van der Waals surface area contributed by atoms with Gasteiger partial charge in [0.05, 0.1) is 12.9 Å². The molecule has 34 heavy (non-hydrogen) atoms. The SMILES string of the molecule is COc1ccc(-c2nnc(SCC(=O)NNC(=O)c3ccccc3)n2[C@H]2CCCC[C@H]2C)cc1. The summed E-state index contributed by atoms with van der Waals surface area (Å²) in [5.74, 6) is 1.50. The summed E-state index contributed by atoms with van der Waals surface area (Å²) in [5.41, 5.74) is 6.37. The maximum atomic E-state index is 12.4. The number of carbonyl (C=O) groups excluding carboxylic acids is 2. The van der Waals surface area contributed by atoms with Gasteiger partial charge in [0.2, 0.25) is 5.91 Å². The third kappa shape index (κ3) is 5.59. The minimum absolute atomic E-state index is 0.108. The van der Waals surface area contributed by atoms with Crippen molar-refractivity contribution in [1.29, 1.82) is 0 Å². The first-order chi connectivity index (χ1) is 16.6. The van der Waals surface area contributed by atoms with Crippen molar-refractivity contribution in [3.8, 4) is 17.1 Å². The topological polar surface area (TPSA) is 98.1 Å². The fourth-order valence-electron chi connectivity index (χ4n) is 4.25. The molecule has 4 rings (SSSR count). The number of hydrogen-bond acceptors (Lipinski definition) is 6. The third-order valence-electron chi connectivity index (χ3n) is 6.09. The molecule has 1 heterocycles. The zero-order chi connectivity index (χ0) is 23.9. The van der Waals surface area contributed by atoms with Crippen molar-refractivity contribution in [2.24, 2.45) is 5.92 Å². The Kier molecular flexibility index (Phi) is 7.84. The second kappa shape index (κ2) is 11.2. The van der Waals surface area contributed by atoms with Gasteiger partial charge in [0.1, 0.15) is 5.75 Å². The Morgan fingerprint density at radius 1 is 1.03 bits per heavy atom. The molecule has 0 radical (unpaired) electrons. The lowest BCUT2D eigenvalue weighted by atomic mass is 9.85. The van der Waals surface area contributed by atoms with E-state index in [1.807, 2.05) is 30.3 Å². The second-order valence-corrected chi connectivity index (χ2v) is 9.33. The van der Waals surface area contributed by atoms with Crippen LogP contribution in [0.5, 0.6) is 5.75 Å². The molecular weight excluding hydrogens is 450 g/mol. The smallest absolute Gasteiger partial charge is 0.269 e. The molecule has 3 aromatic rings. The predicted octanol–water partition coefficient (Wildman–Crippen LogP) is 4.26. The highest BCUT2D eigenvalue weighted by Gasteiger charge is 2.29. The second-order valence-electron chi connectivity index (χ2n) is 8.39. The number of hydrogen-bond donors (Lipinski definition) is 2. The summed E-state index contributed by atoms with van der Waals surface area (Å²) in [7, 11) is 1.64. The lowest BCUT2D eigenvalue weighted by Crippen LogP contribution is -2.42. The van der Waals surface area contributed by atoms with Crippen molar-refractivity contribution in [3.63, 3.8) is 0 Å². The molecule has 0 saturated heterocycles. The summed E-state index contributed by atoms with van der Waals surface area (Å²) in [5, 5.41) is 9.63. The van der Waals surface area contributed by atoms with Gasteiger partial charge in [-0.1, -0.05) is 49.7 Å². The van der Waals surface area contributed by atoms with Gasteiger partial charge in [0.15, 0.2) is 11.0 Å². The van der Waals surface area contributed by atoms with Crippen LogP contribution in [0.15, 0.2) is 59.8 Å². The quantitative estimate of drug-likeness (QED) is 0.388. The van der Waals surface area contributed by atoms with Gasteiger partial charge in [0.25, 0.3) is 5.91 Å². The molecular formula is C25H29N5O3S. The molecule has 1 aliphatic carbocycles. The normalized spacial score (nSPS) is 17.7. The van der Waals surface area contributed by atoms with Crippen molar-refractivity contribution in [3.05, 3.63) is 60.2 Å². The summed E-state index contributed by atoms with van der Waals surface area (Å²) < 4.78 is 7.47. The van der Waals surface area contributed by atoms with Crippen molar-refractivity contribution >= 4 is 23.6 Å². The van der Waals surface area contributed by atoms with E-state index in [0.29, 0.717) is 16.6 Å². The fourth-order valence-corrected chi connectivity index (χ4v) is 5.04. The number of aromatic nitrogens is 3. The summed E-state index contributed by atoms with van der Waals surface area (Å²) in [6, 6.07) is 16.8. The van der Waals surface area contributed by atoms with Crippen molar-refractivity contribution in [1.82, 2.24) is 25.6 Å². The number of thioether (sulfide) groups is 1. The Morgan fingerprint density at radius 3 is 2.47 bits per heavy atom. The molecule has 9 heteroatoms. The van der Waals surface area contributed by atoms with E-state index in [4.69, 9.17) is 4.74 Å². The summed E-state index contributed by atoms with van der Waals surface area (Å²) in [6.07, 6.45) is 4.59. The monoisotopic (exact) mass is 479 g/mol. The van der Waals surface area contributed by atoms with E-state index in [1.165, 1.54) is 18.2 Å². The van der Waals surface area contributed by atoms with Crippen LogP contribution in [-0.2, 0) is 4.79 Å². The summed E-state index contributed by atoms with van der Waals surface area (Å²) in [6.45, 7) is 2.27. The molecule has 2 aromatic carbocycles. The van der Waals surface area contributed by atoms with Crippen molar-refractivity contribution in [2.75, 3.05) is 12.9 Å². The fraction of sp³-hybridized carbons (Fsp3) is 0.360. The average Bonchev–Trinajstić information content (AvgIpc) is 3.30. The Bertz CT molecular complexity index is 1120. The molecule has 8 nitrogen and oxygen atoms in total. The van der Waals surface area contributed by atoms with E-state index in [-0.39, 0.29) is 23.6 Å². The number of methoxy groups -OCH3 is 1. The van der Waals surface area contributed by atoms with Crippen LogP contribution in [0.3, 0.4) is 0 Å². The first-order valence-electron chi connectivity index (χ1n) is 11.4. The van der Waals surface area contributed by atoms with E-state index in [2.05, 4.69) is 32.5 Å². The number of carbonyl (C=O) groups is 2. The number of hydrazine groups is 1. The predicted molar refractivity (Wildman–Crippen MR) is 131 cm³/mol. The number of nitrogens with zero attached hydrogens (tertiary/aromatic N) is 3. The maximum absolute atomic E-state index is 12.4. The maximum Gasteiger partial charge on any atom is 0.269 e. The van der Waals surface area contributed by atoms with Gasteiger partial charge in [-0.05, 0) is 55.2 Å². The minimum atomic E-state index is -0.361. The van der Waals surface area contributed by atoms with Crippen LogP contribution in [0.4, 0.5) is 0 Å². The van der Waals surface area contributed by atoms with E-state index >= 15 is 0 Å². The molecule has 2 N–H and O–H groups in total. The molecule has 0 aliphatic heterocycles. The van der Waals surface area contributed by atoms with Gasteiger partial charge in [-0.2, -0.15) is 0 Å². The minimum Gasteiger partial charge on any atom is -0.497 e. The van der Waals surface area contributed by atoms with Crippen LogP contribution < -0.4 is 15.6 Å². The molecule has 2 atom stereocenters. The Labute approximate surface area is 203 Å². The van der Waals surface area contributed by atoms with E-state index in [0.717, 1.165) is 36.4 Å². The molecule has 0 unspecified atom stereocenters. The number of benzene rings is 2. The summed E-state index contributed by atoms with van der Waals surface area (Å²) in [4.78, 5) is 24.6. The molecule has 0 spiro atoms. The average molecular weight is 480 g/mol. The van der Waals surface area contributed by atoms with Crippen LogP contribution in [0.25, 0.3) is 11.4 Å². The van der Waals surface area contributed by atoms with Crippen molar-refractivity contribution < 1.29 is 14.3 Å². The van der Waals surface area contributed by atoms with E-state index in [9.17, 15) is 9.59 Å². The Hall–Kier alpha value is -3.33. The summed E-state index contributed by atoms with van der Waals surface area (Å²) >= 11 is 1.32. The largest absolute Gasteiger partial charge is 0.497 e. The van der Waals surface area contributed by atoms with Crippen LogP contribution in [0, 0.1) is 5.92 Å². The first-order valence-corrected chi connectivity index (χ1v) is 12.4. The molecule has 0 bridgehead atoms. The van der Waals surface area contributed by atoms with Crippen molar-refractivity contribution in [2.45, 2.75) is 43.8 Å². The lowest BCUT2D eigenvalue weighted by Gasteiger charge is -2.31. The molecule has 178 valence electrons. The standard InChI is InChI=1S/C25H29N5O3S/c1-17-8-6-7-11-21(17)30-23(18-12-14-20(33-2)15-13-18)27-29-25(30)34-16-22(31)26-28-24(32)19-9-4-3-5-10-19/h3-5,9-10,12-15,17,21H,6-8,11,16H2,1-2H3,(H,26,31)(H,28,32)/t17-,21+/m1/s1. The highest BCUT2D eigenvalue weighted by atomic mass is 32.2. The zero-order valence-corrected chi connectivity index (χ0v) is 20.2. The Morgan fingerprint density at radius 2 is 1.76 bits per heavy atom. The van der Waals surface area contributed by atoms with E-state index < -0.39 is 0 Å². The van der Waals surface area contributed by atoms with Crippen LogP contribution in [0.2, 0.25) is 0 Å². The molecule has 1 aliphatic rings. The van der Waals surface area contributed by atoms with Crippen LogP contribution >= 0.6 is 11.8 Å². The van der Waals surface area contributed by atoms with Gasteiger partial charge >= 0.3 is 0 Å². The molecule has 1 saturated carbocycles. The molecule has 1 fully saturated rings. The Balaban J connectivity index is 1.47. The molecule has 2 amide bonds. The highest BCUT2D eigenvalue weighted by molar-refractivity contribution is 7.99. The van der Waals surface area contributed by atoms with Gasteiger partial charge < -0.3 is 4.74 Å². The number of ether oxygens (including phenoxy) is 1. The zero-order valence-electron chi connectivity index (χ0n) is 19.4. The number of nitrogens with one attached hydrogen (secondary N) is 2. The van der Waals surface area contributed by atoms with Crippen LogP contribution in [-0.4, -0.2) is 39.4 Å². The number of rotatable bonds is 7. The van der Waals surface area contributed by atoms with Gasteiger partial charge in [0, 0.05) is 17.2 Å². The third-order valence-corrected chi connectivity index (χ3v) is 7.04. The highest BCUT2D eigenvalue weighted by Crippen LogP contribution is 2.39. The lowest BCUT2D eigenvalue weighted by molar-refractivity contribution is -0.119. The number of amides is 2. The first kappa shape index (κ1) is 23.8. The molecule has 1 aromatic heterocycles.